The average Bonchev–Trinajstić information content (AvgIpc) is 2.50. The minimum absolute atomic E-state index is 0.0779. The van der Waals surface area contributed by atoms with Gasteiger partial charge in [0.15, 0.2) is 0 Å². The summed E-state index contributed by atoms with van der Waals surface area (Å²) >= 11 is 7.24. The highest BCUT2D eigenvalue weighted by molar-refractivity contribution is 7.16. The zero-order chi connectivity index (χ0) is 11.3. The van der Waals surface area contributed by atoms with Gasteiger partial charge in [-0.15, -0.1) is 11.3 Å². The standard InChI is InChI=1S/C11H16ClNOS/c1-8(2)5-6-13-11(14)7-9-3-4-10(12)15-9/h3-4,8H,5-7H2,1-2H3,(H,13,14). The van der Waals surface area contributed by atoms with E-state index in [1.165, 1.54) is 11.3 Å². The lowest BCUT2D eigenvalue weighted by atomic mass is 10.1. The van der Waals surface area contributed by atoms with Gasteiger partial charge in [0.25, 0.3) is 0 Å². The van der Waals surface area contributed by atoms with Crippen LogP contribution in [0.15, 0.2) is 12.1 Å². The van der Waals surface area contributed by atoms with Crippen LogP contribution >= 0.6 is 22.9 Å². The fourth-order valence-electron chi connectivity index (χ4n) is 1.17. The Morgan fingerprint density at radius 1 is 1.53 bits per heavy atom. The van der Waals surface area contributed by atoms with Gasteiger partial charge in [-0.2, -0.15) is 0 Å². The molecular weight excluding hydrogens is 230 g/mol. The fourth-order valence-corrected chi connectivity index (χ4v) is 2.25. The summed E-state index contributed by atoms with van der Waals surface area (Å²) in [6, 6.07) is 3.72. The molecule has 84 valence electrons. The van der Waals surface area contributed by atoms with Crippen molar-refractivity contribution < 1.29 is 4.79 Å². The number of halogens is 1. The second-order valence-electron chi connectivity index (χ2n) is 3.92. The van der Waals surface area contributed by atoms with Crippen molar-refractivity contribution in [1.82, 2.24) is 5.32 Å². The fraction of sp³-hybridized carbons (Fsp3) is 0.545. The Morgan fingerprint density at radius 3 is 2.80 bits per heavy atom. The molecule has 0 fully saturated rings. The third-order valence-corrected chi connectivity index (χ3v) is 3.24. The SMILES string of the molecule is CC(C)CCNC(=O)Cc1ccc(Cl)s1. The Balaban J connectivity index is 2.24. The van der Waals surface area contributed by atoms with Gasteiger partial charge in [-0.25, -0.2) is 0 Å². The topological polar surface area (TPSA) is 29.1 Å². The van der Waals surface area contributed by atoms with E-state index in [-0.39, 0.29) is 5.91 Å². The molecule has 0 aliphatic rings. The van der Waals surface area contributed by atoms with Gasteiger partial charge in [-0.3, -0.25) is 4.79 Å². The molecule has 0 atom stereocenters. The van der Waals surface area contributed by atoms with Crippen LogP contribution in [-0.4, -0.2) is 12.5 Å². The molecular formula is C11H16ClNOS. The summed E-state index contributed by atoms with van der Waals surface area (Å²) in [5.74, 6) is 0.704. The first kappa shape index (κ1) is 12.5. The van der Waals surface area contributed by atoms with Crippen molar-refractivity contribution in [3.05, 3.63) is 21.3 Å². The van der Waals surface area contributed by atoms with Crippen LogP contribution in [0.3, 0.4) is 0 Å². The van der Waals surface area contributed by atoms with Gasteiger partial charge >= 0.3 is 0 Å². The zero-order valence-corrected chi connectivity index (χ0v) is 10.6. The first-order valence-electron chi connectivity index (χ1n) is 5.09. The third-order valence-electron chi connectivity index (χ3n) is 2.01. The van der Waals surface area contributed by atoms with Gasteiger partial charge < -0.3 is 5.32 Å². The quantitative estimate of drug-likeness (QED) is 0.849. The molecule has 0 unspecified atom stereocenters. The molecule has 1 N–H and O–H groups in total. The van der Waals surface area contributed by atoms with Crippen molar-refractivity contribution in [1.29, 1.82) is 0 Å². The maximum atomic E-state index is 11.5. The highest BCUT2D eigenvalue weighted by Crippen LogP contribution is 2.21. The predicted octanol–water partition coefficient (Wildman–Crippen LogP) is 3.11. The molecule has 1 aromatic heterocycles. The summed E-state index contributed by atoms with van der Waals surface area (Å²) in [5.41, 5.74) is 0. The van der Waals surface area contributed by atoms with E-state index in [1.54, 1.807) is 0 Å². The number of thiophene rings is 1. The summed E-state index contributed by atoms with van der Waals surface area (Å²) in [6.45, 7) is 5.05. The van der Waals surface area contributed by atoms with E-state index in [2.05, 4.69) is 19.2 Å². The molecule has 2 nitrogen and oxygen atoms in total. The van der Waals surface area contributed by atoms with Crippen LogP contribution in [0.5, 0.6) is 0 Å². The first-order valence-corrected chi connectivity index (χ1v) is 6.28. The van der Waals surface area contributed by atoms with Gasteiger partial charge in [0, 0.05) is 11.4 Å². The van der Waals surface area contributed by atoms with Crippen molar-refractivity contribution >= 4 is 28.8 Å². The molecule has 15 heavy (non-hydrogen) atoms. The number of carbonyl (C=O) groups excluding carboxylic acids is 1. The molecule has 4 heteroatoms. The third kappa shape index (κ3) is 5.19. The molecule has 0 spiro atoms. The molecule has 0 aliphatic carbocycles. The molecule has 0 saturated heterocycles. The average molecular weight is 246 g/mol. The Kier molecular flexibility index (Phi) is 5.12. The van der Waals surface area contributed by atoms with E-state index in [1.807, 2.05) is 12.1 Å². The molecule has 0 aliphatic heterocycles. The number of hydrogen-bond donors (Lipinski definition) is 1. The second kappa shape index (κ2) is 6.13. The van der Waals surface area contributed by atoms with Gasteiger partial charge in [0.05, 0.1) is 10.8 Å². The maximum Gasteiger partial charge on any atom is 0.225 e. The lowest BCUT2D eigenvalue weighted by Crippen LogP contribution is -2.26. The van der Waals surface area contributed by atoms with E-state index in [0.29, 0.717) is 12.3 Å². The van der Waals surface area contributed by atoms with Crippen LogP contribution in [0.4, 0.5) is 0 Å². The van der Waals surface area contributed by atoms with Gasteiger partial charge in [-0.1, -0.05) is 25.4 Å². The zero-order valence-electron chi connectivity index (χ0n) is 9.05. The van der Waals surface area contributed by atoms with Crippen LogP contribution in [-0.2, 0) is 11.2 Å². The lowest BCUT2D eigenvalue weighted by molar-refractivity contribution is -0.120. The maximum absolute atomic E-state index is 11.5. The summed E-state index contributed by atoms with van der Waals surface area (Å²) in [6.07, 6.45) is 1.46. The van der Waals surface area contributed by atoms with Crippen LogP contribution < -0.4 is 5.32 Å². The molecule has 1 heterocycles. The summed E-state index contributed by atoms with van der Waals surface area (Å²) in [4.78, 5) is 12.5. The summed E-state index contributed by atoms with van der Waals surface area (Å²) < 4.78 is 0.736. The smallest absolute Gasteiger partial charge is 0.225 e. The molecule has 0 bridgehead atoms. The molecule has 1 amide bonds. The number of carbonyl (C=O) groups is 1. The minimum atomic E-state index is 0.0779. The Morgan fingerprint density at radius 2 is 2.27 bits per heavy atom. The summed E-state index contributed by atoms with van der Waals surface area (Å²) in [7, 11) is 0. The normalized spacial score (nSPS) is 10.7. The highest BCUT2D eigenvalue weighted by Gasteiger charge is 2.05. The van der Waals surface area contributed by atoms with E-state index < -0.39 is 0 Å². The predicted molar refractivity (Wildman–Crippen MR) is 65.5 cm³/mol. The van der Waals surface area contributed by atoms with Gasteiger partial charge in [0.2, 0.25) is 5.91 Å². The Labute approximate surface area is 99.6 Å². The largest absolute Gasteiger partial charge is 0.356 e. The van der Waals surface area contributed by atoms with Crippen molar-refractivity contribution in [3.63, 3.8) is 0 Å². The van der Waals surface area contributed by atoms with Crippen LogP contribution in [0, 0.1) is 5.92 Å². The van der Waals surface area contributed by atoms with Crippen molar-refractivity contribution in [2.45, 2.75) is 26.7 Å². The van der Waals surface area contributed by atoms with Crippen LogP contribution in [0.25, 0.3) is 0 Å². The van der Waals surface area contributed by atoms with Crippen LogP contribution in [0.1, 0.15) is 25.1 Å². The van der Waals surface area contributed by atoms with Gasteiger partial charge in [-0.05, 0) is 24.5 Å². The molecule has 1 aromatic rings. The second-order valence-corrected chi connectivity index (χ2v) is 5.71. The number of rotatable bonds is 5. The van der Waals surface area contributed by atoms with Crippen LogP contribution in [0.2, 0.25) is 4.34 Å². The molecule has 0 aromatic carbocycles. The lowest BCUT2D eigenvalue weighted by Gasteiger charge is -2.06. The number of hydrogen-bond acceptors (Lipinski definition) is 2. The molecule has 1 rings (SSSR count). The van der Waals surface area contributed by atoms with Crippen molar-refractivity contribution in [3.8, 4) is 0 Å². The van der Waals surface area contributed by atoms with Crippen molar-refractivity contribution in [2.24, 2.45) is 5.92 Å². The van der Waals surface area contributed by atoms with Crippen molar-refractivity contribution in [2.75, 3.05) is 6.54 Å². The Bertz CT molecular complexity index is 322. The van der Waals surface area contributed by atoms with E-state index >= 15 is 0 Å². The number of nitrogens with one attached hydrogen (secondary N) is 1. The Hall–Kier alpha value is -0.540. The molecule has 0 radical (unpaired) electrons. The highest BCUT2D eigenvalue weighted by atomic mass is 35.5. The summed E-state index contributed by atoms with van der Waals surface area (Å²) in [5, 5.41) is 2.90. The van der Waals surface area contributed by atoms with E-state index in [0.717, 1.165) is 22.2 Å². The van der Waals surface area contributed by atoms with Gasteiger partial charge in [0.1, 0.15) is 0 Å². The van der Waals surface area contributed by atoms with E-state index in [4.69, 9.17) is 11.6 Å². The van der Waals surface area contributed by atoms with E-state index in [9.17, 15) is 4.79 Å². The monoisotopic (exact) mass is 245 g/mol. The minimum Gasteiger partial charge on any atom is -0.356 e. The molecule has 0 saturated carbocycles. The number of amides is 1. The first-order chi connectivity index (χ1) is 7.08.